The molecule has 1 amide bonds. The number of benzene rings is 1. The van der Waals surface area contributed by atoms with Gasteiger partial charge in [0.2, 0.25) is 15.9 Å². The Hall–Kier alpha value is -1.40. The van der Waals surface area contributed by atoms with Crippen LogP contribution in [0, 0.1) is 11.8 Å². The molecule has 6 heteroatoms. The largest absolute Gasteiger partial charge is 0.341 e. The molecule has 3 fully saturated rings. The predicted octanol–water partition coefficient (Wildman–Crippen LogP) is 1.71. The third-order valence-corrected chi connectivity index (χ3v) is 7.18. The molecule has 5 nitrogen and oxygen atoms in total. The van der Waals surface area contributed by atoms with Crippen LogP contribution in [0.4, 0.5) is 0 Å². The van der Waals surface area contributed by atoms with Crippen LogP contribution in [0.1, 0.15) is 25.7 Å². The molecule has 1 aromatic carbocycles. The Morgan fingerprint density at radius 3 is 2.52 bits per heavy atom. The van der Waals surface area contributed by atoms with Crippen molar-refractivity contribution in [2.75, 3.05) is 19.6 Å². The molecule has 0 N–H and O–H groups in total. The zero-order valence-corrected chi connectivity index (χ0v) is 13.9. The van der Waals surface area contributed by atoms with Crippen molar-refractivity contribution in [2.45, 2.75) is 36.6 Å². The highest BCUT2D eigenvalue weighted by atomic mass is 32.2. The van der Waals surface area contributed by atoms with E-state index >= 15 is 0 Å². The minimum absolute atomic E-state index is 0.00681. The van der Waals surface area contributed by atoms with Crippen molar-refractivity contribution in [1.82, 2.24) is 9.21 Å². The Labute approximate surface area is 137 Å². The first kappa shape index (κ1) is 15.1. The standard InChI is InChI=1S/C17H22N2O3S/c20-17-16-10-14(12-18(17)11-13-6-7-13)8-9-19(16)23(21,22)15-4-2-1-3-5-15/h1-5,13-14,16H,6-12H2/t14-,16+/m0/s1. The molecular weight excluding hydrogens is 312 g/mol. The van der Waals surface area contributed by atoms with E-state index < -0.39 is 16.1 Å². The van der Waals surface area contributed by atoms with E-state index in [1.54, 1.807) is 30.3 Å². The van der Waals surface area contributed by atoms with E-state index in [1.807, 2.05) is 4.90 Å². The molecule has 124 valence electrons. The molecular formula is C17H22N2O3S. The second kappa shape index (κ2) is 5.60. The molecule has 1 saturated carbocycles. The zero-order chi connectivity index (χ0) is 16.0. The van der Waals surface area contributed by atoms with Gasteiger partial charge in [-0.1, -0.05) is 18.2 Å². The van der Waals surface area contributed by atoms with Crippen LogP contribution in [0.5, 0.6) is 0 Å². The summed E-state index contributed by atoms with van der Waals surface area (Å²) in [4.78, 5) is 15.0. The van der Waals surface area contributed by atoms with E-state index in [4.69, 9.17) is 0 Å². The Morgan fingerprint density at radius 2 is 1.83 bits per heavy atom. The van der Waals surface area contributed by atoms with Crippen LogP contribution >= 0.6 is 0 Å². The maximum Gasteiger partial charge on any atom is 0.243 e. The van der Waals surface area contributed by atoms with E-state index in [0.29, 0.717) is 24.8 Å². The van der Waals surface area contributed by atoms with Crippen LogP contribution in [0.15, 0.2) is 35.2 Å². The molecule has 2 aliphatic heterocycles. The second-order valence-corrected chi connectivity index (χ2v) is 8.91. The Bertz CT molecular complexity index is 700. The van der Waals surface area contributed by atoms with Crippen molar-refractivity contribution >= 4 is 15.9 Å². The SMILES string of the molecule is O=C1[C@H]2C[C@H](CCN2S(=O)(=O)c2ccccc2)CN1CC1CC1. The molecule has 2 saturated heterocycles. The fraction of sp³-hybridized carbons (Fsp3) is 0.588. The third kappa shape index (κ3) is 2.78. The molecule has 0 aromatic heterocycles. The number of hydrogen-bond donors (Lipinski definition) is 0. The molecule has 1 aliphatic carbocycles. The highest BCUT2D eigenvalue weighted by Crippen LogP contribution is 2.36. The summed E-state index contributed by atoms with van der Waals surface area (Å²) >= 11 is 0. The number of carbonyl (C=O) groups excluding carboxylic acids is 1. The predicted molar refractivity (Wildman–Crippen MR) is 86.1 cm³/mol. The number of hydrogen-bond acceptors (Lipinski definition) is 3. The summed E-state index contributed by atoms with van der Waals surface area (Å²) in [6.45, 7) is 2.08. The summed E-state index contributed by atoms with van der Waals surface area (Å²) < 4.78 is 27.3. The van der Waals surface area contributed by atoms with Crippen LogP contribution in [-0.4, -0.2) is 49.2 Å². The lowest BCUT2D eigenvalue weighted by atomic mass is 9.87. The van der Waals surface area contributed by atoms with E-state index in [1.165, 1.54) is 17.1 Å². The van der Waals surface area contributed by atoms with Crippen molar-refractivity contribution in [2.24, 2.45) is 11.8 Å². The van der Waals surface area contributed by atoms with Crippen LogP contribution in [-0.2, 0) is 14.8 Å². The molecule has 0 unspecified atom stereocenters. The summed E-state index contributed by atoms with van der Waals surface area (Å²) in [5.41, 5.74) is 0. The second-order valence-electron chi connectivity index (χ2n) is 7.02. The number of likely N-dealkylation sites (tertiary alicyclic amines) is 1. The van der Waals surface area contributed by atoms with Crippen LogP contribution in [0.3, 0.4) is 0 Å². The van der Waals surface area contributed by atoms with E-state index in [2.05, 4.69) is 0 Å². The smallest absolute Gasteiger partial charge is 0.243 e. The molecule has 23 heavy (non-hydrogen) atoms. The summed E-state index contributed by atoms with van der Waals surface area (Å²) in [5.74, 6) is 1.09. The van der Waals surface area contributed by atoms with Crippen molar-refractivity contribution in [1.29, 1.82) is 0 Å². The molecule has 0 radical (unpaired) electrons. The quantitative estimate of drug-likeness (QED) is 0.842. The number of sulfonamides is 1. The van der Waals surface area contributed by atoms with E-state index in [9.17, 15) is 13.2 Å². The van der Waals surface area contributed by atoms with Gasteiger partial charge in [-0.15, -0.1) is 0 Å². The minimum Gasteiger partial charge on any atom is -0.341 e. The number of nitrogens with zero attached hydrogens (tertiary/aromatic N) is 2. The van der Waals surface area contributed by atoms with Crippen molar-refractivity contribution in [3.8, 4) is 0 Å². The van der Waals surface area contributed by atoms with Gasteiger partial charge in [-0.25, -0.2) is 8.42 Å². The lowest BCUT2D eigenvalue weighted by Crippen LogP contribution is -2.60. The first-order valence-electron chi connectivity index (χ1n) is 8.41. The maximum atomic E-state index is 12.9. The van der Waals surface area contributed by atoms with Gasteiger partial charge in [0.1, 0.15) is 6.04 Å². The van der Waals surface area contributed by atoms with Crippen molar-refractivity contribution < 1.29 is 13.2 Å². The Kier molecular flexibility index (Phi) is 3.69. The van der Waals surface area contributed by atoms with Crippen molar-refractivity contribution in [3.63, 3.8) is 0 Å². The highest BCUT2D eigenvalue weighted by Gasteiger charge is 2.46. The lowest BCUT2D eigenvalue weighted by Gasteiger charge is -2.45. The molecule has 2 bridgehead atoms. The Morgan fingerprint density at radius 1 is 1.09 bits per heavy atom. The van der Waals surface area contributed by atoms with Crippen LogP contribution < -0.4 is 0 Å². The Balaban J connectivity index is 1.61. The fourth-order valence-corrected chi connectivity index (χ4v) is 5.44. The van der Waals surface area contributed by atoms with Crippen molar-refractivity contribution in [3.05, 3.63) is 30.3 Å². The molecule has 2 atom stereocenters. The molecule has 0 spiro atoms. The van der Waals surface area contributed by atoms with Gasteiger partial charge in [0, 0.05) is 19.6 Å². The summed E-state index contributed by atoms with van der Waals surface area (Å²) in [6, 6.07) is 7.96. The zero-order valence-electron chi connectivity index (χ0n) is 13.1. The lowest BCUT2D eigenvalue weighted by molar-refractivity contribution is -0.142. The first-order chi connectivity index (χ1) is 11.1. The average molecular weight is 334 g/mol. The van der Waals surface area contributed by atoms with Gasteiger partial charge < -0.3 is 4.90 Å². The number of amides is 1. The number of rotatable bonds is 4. The van der Waals surface area contributed by atoms with Gasteiger partial charge >= 0.3 is 0 Å². The van der Waals surface area contributed by atoms with Gasteiger partial charge in [-0.05, 0) is 49.7 Å². The van der Waals surface area contributed by atoms with Crippen LogP contribution in [0.25, 0.3) is 0 Å². The van der Waals surface area contributed by atoms with Gasteiger partial charge in [0.25, 0.3) is 0 Å². The summed E-state index contributed by atoms with van der Waals surface area (Å²) in [7, 11) is -3.60. The van der Waals surface area contributed by atoms with Gasteiger partial charge in [0.15, 0.2) is 0 Å². The monoisotopic (exact) mass is 334 g/mol. The minimum atomic E-state index is -3.60. The fourth-order valence-electron chi connectivity index (χ4n) is 3.81. The van der Waals surface area contributed by atoms with Gasteiger partial charge in [0.05, 0.1) is 4.90 Å². The van der Waals surface area contributed by atoms with E-state index in [0.717, 1.165) is 19.5 Å². The number of fused-ring (bicyclic) bond motifs is 2. The average Bonchev–Trinajstić information content (AvgIpc) is 3.37. The van der Waals surface area contributed by atoms with Gasteiger partial charge in [-0.2, -0.15) is 4.31 Å². The molecule has 2 heterocycles. The normalized spacial score (nSPS) is 28.9. The van der Waals surface area contributed by atoms with Gasteiger partial charge in [-0.3, -0.25) is 4.79 Å². The first-order valence-corrected chi connectivity index (χ1v) is 9.85. The van der Waals surface area contributed by atoms with Crippen LogP contribution in [0.2, 0.25) is 0 Å². The highest BCUT2D eigenvalue weighted by molar-refractivity contribution is 7.89. The molecule has 1 aromatic rings. The maximum absolute atomic E-state index is 12.9. The third-order valence-electron chi connectivity index (χ3n) is 5.26. The summed E-state index contributed by atoms with van der Waals surface area (Å²) in [6.07, 6.45) is 3.92. The molecule has 4 rings (SSSR count). The number of carbonyl (C=O) groups is 1. The number of piperidine rings is 2. The molecule has 3 aliphatic rings. The van der Waals surface area contributed by atoms with E-state index in [-0.39, 0.29) is 10.8 Å². The topological polar surface area (TPSA) is 57.7 Å². The summed E-state index contributed by atoms with van der Waals surface area (Å²) in [5, 5.41) is 0.